The lowest BCUT2D eigenvalue weighted by atomic mass is 9.79. The Bertz CT molecular complexity index is 888. The summed E-state index contributed by atoms with van der Waals surface area (Å²) in [7, 11) is 0. The summed E-state index contributed by atoms with van der Waals surface area (Å²) in [6.07, 6.45) is 2.30. The number of fused-ring (bicyclic) bond motifs is 1. The molecule has 0 aliphatic carbocycles. The number of piperidine rings is 1. The van der Waals surface area contributed by atoms with Gasteiger partial charge in [0.05, 0.1) is 0 Å². The second-order valence-corrected chi connectivity index (χ2v) is 6.88. The van der Waals surface area contributed by atoms with Gasteiger partial charge in [-0.15, -0.1) is 0 Å². The van der Waals surface area contributed by atoms with Crippen LogP contribution in [0, 0.1) is 5.41 Å². The van der Waals surface area contributed by atoms with Gasteiger partial charge in [-0.05, 0) is 30.4 Å². The van der Waals surface area contributed by atoms with Crippen LogP contribution in [0.1, 0.15) is 29.8 Å². The van der Waals surface area contributed by atoms with Crippen molar-refractivity contribution in [2.45, 2.75) is 19.3 Å². The Kier molecular flexibility index (Phi) is 3.40. The van der Waals surface area contributed by atoms with Gasteiger partial charge in [0.2, 0.25) is 5.91 Å². The predicted molar refractivity (Wildman–Crippen MR) is 89.8 cm³/mol. The molecule has 0 saturated carbocycles. The number of nitrogens with one attached hydrogen (secondary N) is 2. The van der Waals surface area contributed by atoms with Crippen LogP contribution in [-0.4, -0.2) is 41.3 Å². The van der Waals surface area contributed by atoms with Crippen molar-refractivity contribution in [1.82, 2.24) is 15.2 Å². The lowest BCUT2D eigenvalue weighted by Gasteiger charge is -2.39. The fraction of sp³-hybridized carbons (Fsp3) is 0.389. The molecule has 1 spiro atoms. The SMILES string of the molecule is O=C1CC2(CCCN(C(=O)c3cc4ccccc4c(=O)[nH]3)C2)CN1. The Morgan fingerprint density at radius 3 is 2.83 bits per heavy atom. The highest BCUT2D eigenvalue weighted by atomic mass is 16.2. The minimum Gasteiger partial charge on any atom is -0.355 e. The molecule has 1 atom stereocenters. The summed E-state index contributed by atoms with van der Waals surface area (Å²) >= 11 is 0. The second kappa shape index (κ2) is 5.47. The van der Waals surface area contributed by atoms with E-state index in [1.54, 1.807) is 23.1 Å². The summed E-state index contributed by atoms with van der Waals surface area (Å²) in [5.74, 6) is -0.111. The molecule has 2 saturated heterocycles. The monoisotopic (exact) mass is 325 g/mol. The smallest absolute Gasteiger partial charge is 0.270 e. The van der Waals surface area contributed by atoms with Crippen LogP contribution in [-0.2, 0) is 4.79 Å². The van der Waals surface area contributed by atoms with Gasteiger partial charge in [0.1, 0.15) is 5.69 Å². The molecule has 2 fully saturated rings. The van der Waals surface area contributed by atoms with Gasteiger partial charge in [-0.1, -0.05) is 18.2 Å². The van der Waals surface area contributed by atoms with Crippen LogP contribution >= 0.6 is 0 Å². The number of aromatic amines is 1. The Balaban J connectivity index is 1.64. The molecule has 1 aromatic heterocycles. The van der Waals surface area contributed by atoms with Crippen LogP contribution in [0.5, 0.6) is 0 Å². The van der Waals surface area contributed by atoms with E-state index in [9.17, 15) is 14.4 Å². The molecule has 1 aromatic carbocycles. The Morgan fingerprint density at radius 1 is 1.21 bits per heavy atom. The van der Waals surface area contributed by atoms with E-state index in [1.807, 2.05) is 12.1 Å². The van der Waals surface area contributed by atoms with Gasteiger partial charge < -0.3 is 15.2 Å². The predicted octanol–water partition coefficient (Wildman–Crippen LogP) is 1.27. The van der Waals surface area contributed by atoms with E-state index >= 15 is 0 Å². The number of rotatable bonds is 1. The maximum Gasteiger partial charge on any atom is 0.270 e. The molecule has 6 heteroatoms. The molecule has 0 radical (unpaired) electrons. The zero-order chi connectivity index (χ0) is 16.7. The Hall–Kier alpha value is -2.63. The van der Waals surface area contributed by atoms with Crippen molar-refractivity contribution in [1.29, 1.82) is 0 Å². The number of H-pyrrole nitrogens is 1. The Labute approximate surface area is 138 Å². The Morgan fingerprint density at radius 2 is 2.04 bits per heavy atom. The van der Waals surface area contributed by atoms with Gasteiger partial charge >= 0.3 is 0 Å². The zero-order valence-corrected chi connectivity index (χ0v) is 13.3. The van der Waals surface area contributed by atoms with Crippen molar-refractivity contribution in [3.8, 4) is 0 Å². The highest BCUT2D eigenvalue weighted by Crippen LogP contribution is 2.36. The molecular weight excluding hydrogens is 306 g/mol. The molecular formula is C18H19N3O3. The molecule has 0 bridgehead atoms. The third-order valence-corrected chi connectivity index (χ3v) is 5.13. The molecule has 2 aliphatic heterocycles. The standard InChI is InChI=1S/C18H19N3O3/c22-15-9-18(10-19-15)6-3-7-21(11-18)17(24)14-8-12-4-1-2-5-13(12)16(23)20-14/h1-2,4-5,8H,3,6-7,9-11H2,(H,19,22)(H,20,23). The third-order valence-electron chi connectivity index (χ3n) is 5.13. The number of hydrogen-bond donors (Lipinski definition) is 2. The number of benzene rings is 1. The van der Waals surface area contributed by atoms with Crippen LogP contribution in [0.3, 0.4) is 0 Å². The highest BCUT2D eigenvalue weighted by molar-refractivity contribution is 5.96. The van der Waals surface area contributed by atoms with E-state index in [4.69, 9.17) is 0 Å². The summed E-state index contributed by atoms with van der Waals surface area (Å²) in [6.45, 7) is 1.84. The van der Waals surface area contributed by atoms with Gasteiger partial charge in [-0.25, -0.2) is 0 Å². The summed E-state index contributed by atoms with van der Waals surface area (Å²) in [4.78, 5) is 41.1. The minimum atomic E-state index is -0.249. The molecule has 1 unspecified atom stereocenters. The average molecular weight is 325 g/mol. The second-order valence-electron chi connectivity index (χ2n) is 6.88. The van der Waals surface area contributed by atoms with Crippen molar-refractivity contribution < 1.29 is 9.59 Å². The number of pyridine rings is 1. The number of likely N-dealkylation sites (tertiary alicyclic amines) is 1. The molecule has 24 heavy (non-hydrogen) atoms. The van der Waals surface area contributed by atoms with Crippen molar-refractivity contribution >= 4 is 22.6 Å². The first-order chi connectivity index (χ1) is 11.6. The van der Waals surface area contributed by atoms with Gasteiger partial charge in [0, 0.05) is 36.9 Å². The van der Waals surface area contributed by atoms with E-state index in [0.717, 1.165) is 18.2 Å². The molecule has 6 nitrogen and oxygen atoms in total. The molecule has 2 amide bonds. The van der Waals surface area contributed by atoms with E-state index in [-0.39, 0.29) is 22.8 Å². The molecule has 2 aliphatic rings. The summed E-state index contributed by atoms with van der Waals surface area (Å²) < 4.78 is 0. The van der Waals surface area contributed by atoms with Crippen molar-refractivity contribution in [3.63, 3.8) is 0 Å². The van der Waals surface area contributed by atoms with E-state index in [2.05, 4.69) is 10.3 Å². The fourth-order valence-electron chi connectivity index (χ4n) is 3.92. The quantitative estimate of drug-likeness (QED) is 0.828. The largest absolute Gasteiger partial charge is 0.355 e. The molecule has 124 valence electrons. The van der Waals surface area contributed by atoms with Crippen molar-refractivity contribution in [2.24, 2.45) is 5.41 Å². The lowest BCUT2D eigenvalue weighted by Crippen LogP contribution is -2.47. The van der Waals surface area contributed by atoms with Gasteiger partial charge in [-0.3, -0.25) is 14.4 Å². The van der Waals surface area contributed by atoms with E-state index in [0.29, 0.717) is 37.1 Å². The lowest BCUT2D eigenvalue weighted by molar-refractivity contribution is -0.119. The summed E-state index contributed by atoms with van der Waals surface area (Å²) in [5, 5.41) is 4.21. The van der Waals surface area contributed by atoms with E-state index in [1.165, 1.54) is 0 Å². The van der Waals surface area contributed by atoms with Crippen molar-refractivity contribution in [3.05, 3.63) is 46.4 Å². The van der Waals surface area contributed by atoms with E-state index < -0.39 is 0 Å². The fourth-order valence-corrected chi connectivity index (χ4v) is 3.92. The highest BCUT2D eigenvalue weighted by Gasteiger charge is 2.43. The number of amides is 2. The third kappa shape index (κ3) is 2.48. The maximum atomic E-state index is 12.9. The first-order valence-electron chi connectivity index (χ1n) is 8.24. The topological polar surface area (TPSA) is 82.3 Å². The molecule has 4 rings (SSSR count). The van der Waals surface area contributed by atoms with Gasteiger partial charge in [0.15, 0.2) is 0 Å². The van der Waals surface area contributed by atoms with Crippen molar-refractivity contribution in [2.75, 3.05) is 19.6 Å². The van der Waals surface area contributed by atoms with Crippen LogP contribution in [0.25, 0.3) is 10.8 Å². The molecule has 3 heterocycles. The first kappa shape index (κ1) is 14.9. The number of carbonyl (C=O) groups excluding carboxylic acids is 2. The summed E-state index contributed by atoms with van der Waals surface area (Å²) in [5.41, 5.74) is -0.0868. The number of hydrogen-bond acceptors (Lipinski definition) is 3. The average Bonchev–Trinajstić information content (AvgIpc) is 2.94. The van der Waals surface area contributed by atoms with Gasteiger partial charge in [0.25, 0.3) is 11.5 Å². The van der Waals surface area contributed by atoms with Crippen LogP contribution in [0.4, 0.5) is 0 Å². The number of nitrogens with zero attached hydrogens (tertiary/aromatic N) is 1. The number of aromatic nitrogens is 1. The van der Waals surface area contributed by atoms with Crippen LogP contribution in [0.2, 0.25) is 0 Å². The molecule has 2 N–H and O–H groups in total. The number of carbonyl (C=O) groups is 2. The minimum absolute atomic E-state index is 0.0587. The van der Waals surface area contributed by atoms with Crippen LogP contribution < -0.4 is 10.9 Å². The maximum absolute atomic E-state index is 12.9. The normalized spacial score (nSPS) is 23.7. The van der Waals surface area contributed by atoms with Gasteiger partial charge in [-0.2, -0.15) is 0 Å². The zero-order valence-electron chi connectivity index (χ0n) is 13.3. The first-order valence-corrected chi connectivity index (χ1v) is 8.24. The molecule has 2 aromatic rings. The summed E-state index contributed by atoms with van der Waals surface area (Å²) in [6, 6.07) is 8.96. The van der Waals surface area contributed by atoms with Crippen LogP contribution in [0.15, 0.2) is 35.1 Å².